The Morgan fingerprint density at radius 1 is 0.696 bits per heavy atom. The summed E-state index contributed by atoms with van der Waals surface area (Å²) in [5.41, 5.74) is 5.36. The molecule has 3 aromatic carbocycles. The fourth-order valence-electron chi connectivity index (χ4n) is 3.03. The molecule has 4 aromatic rings. The van der Waals surface area contributed by atoms with Crippen LogP contribution in [0.4, 0.5) is 0 Å². The lowest BCUT2D eigenvalue weighted by molar-refractivity contribution is 0.631. The second-order valence-corrected chi connectivity index (χ2v) is 5.46. The fourth-order valence-corrected chi connectivity index (χ4v) is 3.03. The number of rotatable bonds is 3. The van der Waals surface area contributed by atoms with Crippen molar-refractivity contribution < 1.29 is 4.42 Å². The molecule has 1 aromatic heterocycles. The molecule has 0 unspecified atom stereocenters. The van der Waals surface area contributed by atoms with Crippen molar-refractivity contribution in [1.82, 2.24) is 0 Å². The Bertz CT molecular complexity index is 963. The summed E-state index contributed by atoms with van der Waals surface area (Å²) in [7, 11) is 0. The number of benzene rings is 3. The highest BCUT2D eigenvalue weighted by Crippen LogP contribution is 2.39. The van der Waals surface area contributed by atoms with Crippen LogP contribution in [0.15, 0.2) is 89.9 Å². The van der Waals surface area contributed by atoms with Crippen molar-refractivity contribution in [3.05, 3.63) is 91.0 Å². The van der Waals surface area contributed by atoms with Gasteiger partial charge < -0.3 is 4.42 Å². The van der Waals surface area contributed by atoms with Gasteiger partial charge in [0.2, 0.25) is 0 Å². The van der Waals surface area contributed by atoms with E-state index in [0.717, 1.165) is 27.9 Å². The standard InChI is InChI=1S/C22H16O/c1-2-18-21-19(16-10-5-3-6-11-16)14-9-15-20(21)23-22(18)17-12-7-4-8-13-17/h2-15H,1H2. The van der Waals surface area contributed by atoms with Crippen molar-refractivity contribution in [2.24, 2.45) is 0 Å². The molecule has 0 fully saturated rings. The van der Waals surface area contributed by atoms with Gasteiger partial charge in [-0.1, -0.05) is 85.5 Å². The summed E-state index contributed by atoms with van der Waals surface area (Å²) >= 11 is 0. The van der Waals surface area contributed by atoms with Crippen LogP contribution in [0.25, 0.3) is 39.5 Å². The van der Waals surface area contributed by atoms with E-state index in [1.165, 1.54) is 11.1 Å². The second kappa shape index (κ2) is 5.62. The fraction of sp³-hybridized carbons (Fsp3) is 0. The van der Waals surface area contributed by atoms with Crippen molar-refractivity contribution in [2.45, 2.75) is 0 Å². The number of fused-ring (bicyclic) bond motifs is 1. The molecule has 0 spiro atoms. The van der Waals surface area contributed by atoms with Gasteiger partial charge in [-0.15, -0.1) is 0 Å². The quantitative estimate of drug-likeness (QED) is 0.426. The lowest BCUT2D eigenvalue weighted by Crippen LogP contribution is -1.81. The molecule has 4 rings (SSSR count). The third-order valence-corrected chi connectivity index (χ3v) is 4.08. The van der Waals surface area contributed by atoms with Crippen molar-refractivity contribution in [2.75, 3.05) is 0 Å². The number of furan rings is 1. The third kappa shape index (κ3) is 2.27. The molecule has 23 heavy (non-hydrogen) atoms. The average Bonchev–Trinajstić information content (AvgIpc) is 3.02. The molecular weight excluding hydrogens is 280 g/mol. The molecule has 0 N–H and O–H groups in total. The van der Waals surface area contributed by atoms with Gasteiger partial charge in [0.05, 0.1) is 0 Å². The molecule has 1 heteroatoms. The maximum Gasteiger partial charge on any atom is 0.142 e. The Labute approximate surface area is 135 Å². The zero-order valence-electron chi connectivity index (χ0n) is 12.7. The molecule has 0 saturated heterocycles. The first kappa shape index (κ1) is 13.6. The zero-order chi connectivity index (χ0) is 15.6. The first-order chi connectivity index (χ1) is 11.4. The van der Waals surface area contributed by atoms with Crippen LogP contribution in [0, 0.1) is 0 Å². The molecule has 0 atom stereocenters. The molecule has 0 aliphatic carbocycles. The van der Waals surface area contributed by atoms with Crippen LogP contribution in [-0.2, 0) is 0 Å². The van der Waals surface area contributed by atoms with E-state index < -0.39 is 0 Å². The van der Waals surface area contributed by atoms with Crippen LogP contribution in [-0.4, -0.2) is 0 Å². The molecule has 0 bridgehead atoms. The first-order valence-corrected chi connectivity index (χ1v) is 7.67. The van der Waals surface area contributed by atoms with Gasteiger partial charge in [-0.2, -0.15) is 0 Å². The summed E-state index contributed by atoms with van der Waals surface area (Å²) in [4.78, 5) is 0. The predicted octanol–water partition coefficient (Wildman–Crippen LogP) is 6.41. The molecule has 0 aliphatic heterocycles. The molecule has 1 heterocycles. The Hall–Kier alpha value is -3.06. The zero-order valence-corrected chi connectivity index (χ0v) is 12.7. The SMILES string of the molecule is C=Cc1c(-c2ccccc2)oc2cccc(-c3ccccc3)c12. The summed E-state index contributed by atoms with van der Waals surface area (Å²) in [6, 6.07) is 26.7. The summed E-state index contributed by atoms with van der Waals surface area (Å²) in [5, 5.41) is 1.12. The van der Waals surface area contributed by atoms with Crippen LogP contribution in [0.1, 0.15) is 5.56 Å². The molecule has 0 saturated carbocycles. The molecule has 110 valence electrons. The van der Waals surface area contributed by atoms with Gasteiger partial charge in [-0.25, -0.2) is 0 Å². The molecular formula is C22H16O. The van der Waals surface area contributed by atoms with Crippen LogP contribution in [0.5, 0.6) is 0 Å². The molecule has 0 amide bonds. The number of hydrogen-bond acceptors (Lipinski definition) is 1. The van der Waals surface area contributed by atoms with Crippen molar-refractivity contribution >= 4 is 17.0 Å². The lowest BCUT2D eigenvalue weighted by atomic mass is 9.97. The Kier molecular flexibility index (Phi) is 3.32. The van der Waals surface area contributed by atoms with Crippen molar-refractivity contribution in [3.8, 4) is 22.5 Å². The van der Waals surface area contributed by atoms with E-state index in [4.69, 9.17) is 4.42 Å². The maximum absolute atomic E-state index is 6.17. The topological polar surface area (TPSA) is 13.1 Å². The monoisotopic (exact) mass is 296 g/mol. The molecule has 0 radical (unpaired) electrons. The minimum atomic E-state index is 0.874. The highest BCUT2D eigenvalue weighted by molar-refractivity contribution is 6.03. The van der Waals surface area contributed by atoms with E-state index in [9.17, 15) is 0 Å². The predicted molar refractivity (Wildman–Crippen MR) is 97.2 cm³/mol. The van der Waals surface area contributed by atoms with Crippen LogP contribution < -0.4 is 0 Å². The summed E-state index contributed by atoms with van der Waals surface area (Å²) in [5.74, 6) is 0.874. The first-order valence-electron chi connectivity index (χ1n) is 7.67. The van der Waals surface area contributed by atoms with Gasteiger partial charge in [-0.05, 0) is 17.2 Å². The Morgan fingerprint density at radius 3 is 2.00 bits per heavy atom. The summed E-state index contributed by atoms with van der Waals surface area (Å²) in [6.45, 7) is 4.01. The van der Waals surface area contributed by atoms with Gasteiger partial charge in [0.15, 0.2) is 0 Å². The normalized spacial score (nSPS) is 10.8. The largest absolute Gasteiger partial charge is 0.455 e. The Balaban J connectivity index is 2.05. The second-order valence-electron chi connectivity index (χ2n) is 5.46. The average molecular weight is 296 g/mol. The highest BCUT2D eigenvalue weighted by atomic mass is 16.3. The van der Waals surface area contributed by atoms with Gasteiger partial charge in [0, 0.05) is 16.5 Å². The number of hydrogen-bond donors (Lipinski definition) is 0. The lowest BCUT2D eigenvalue weighted by Gasteiger charge is -2.04. The summed E-state index contributed by atoms with van der Waals surface area (Å²) in [6.07, 6.45) is 1.89. The van der Waals surface area contributed by atoms with Crippen molar-refractivity contribution in [3.63, 3.8) is 0 Å². The van der Waals surface area contributed by atoms with Crippen molar-refractivity contribution in [1.29, 1.82) is 0 Å². The van der Waals surface area contributed by atoms with E-state index in [1.807, 2.05) is 42.5 Å². The maximum atomic E-state index is 6.17. The van der Waals surface area contributed by atoms with Gasteiger partial charge >= 0.3 is 0 Å². The van der Waals surface area contributed by atoms with E-state index in [-0.39, 0.29) is 0 Å². The van der Waals surface area contributed by atoms with E-state index in [2.05, 4.69) is 49.0 Å². The van der Waals surface area contributed by atoms with Gasteiger partial charge in [-0.3, -0.25) is 0 Å². The third-order valence-electron chi connectivity index (χ3n) is 4.08. The van der Waals surface area contributed by atoms with E-state index in [1.54, 1.807) is 0 Å². The minimum Gasteiger partial charge on any atom is -0.455 e. The van der Waals surface area contributed by atoms with E-state index in [0.29, 0.717) is 0 Å². The Morgan fingerprint density at radius 2 is 1.35 bits per heavy atom. The minimum absolute atomic E-state index is 0.874. The van der Waals surface area contributed by atoms with Crippen LogP contribution in [0.2, 0.25) is 0 Å². The molecule has 1 nitrogen and oxygen atoms in total. The summed E-state index contributed by atoms with van der Waals surface area (Å²) < 4.78 is 6.17. The smallest absolute Gasteiger partial charge is 0.142 e. The van der Waals surface area contributed by atoms with Crippen LogP contribution >= 0.6 is 0 Å². The highest BCUT2D eigenvalue weighted by Gasteiger charge is 2.16. The molecule has 0 aliphatic rings. The van der Waals surface area contributed by atoms with E-state index >= 15 is 0 Å². The van der Waals surface area contributed by atoms with Crippen LogP contribution in [0.3, 0.4) is 0 Å². The van der Waals surface area contributed by atoms with Gasteiger partial charge in [0.25, 0.3) is 0 Å². The van der Waals surface area contributed by atoms with Gasteiger partial charge in [0.1, 0.15) is 11.3 Å².